The average molecular weight is 414 g/mol. The van der Waals surface area contributed by atoms with Gasteiger partial charge in [0.1, 0.15) is 11.7 Å². The molecule has 1 fully saturated rings. The minimum Gasteiger partial charge on any atom is -0.354 e. The molecule has 0 radical (unpaired) electrons. The molecule has 0 aliphatic carbocycles. The van der Waals surface area contributed by atoms with Gasteiger partial charge in [0.25, 0.3) is 0 Å². The summed E-state index contributed by atoms with van der Waals surface area (Å²) in [6, 6.07) is 14.0. The topological polar surface area (TPSA) is 70.5 Å². The van der Waals surface area contributed by atoms with Gasteiger partial charge in [0, 0.05) is 35.9 Å². The first-order chi connectivity index (χ1) is 12.7. The van der Waals surface area contributed by atoms with E-state index in [9.17, 15) is 4.79 Å². The van der Waals surface area contributed by atoms with E-state index < -0.39 is 0 Å². The highest BCUT2D eigenvalue weighted by atomic mass is 79.9. The number of nitrogens with one attached hydrogen (secondary N) is 3. The third kappa shape index (κ3) is 3.80. The van der Waals surface area contributed by atoms with Crippen LogP contribution in [0.5, 0.6) is 0 Å². The van der Waals surface area contributed by atoms with Crippen LogP contribution in [0.4, 0.5) is 0 Å². The lowest BCUT2D eigenvalue weighted by Gasteiger charge is -2.10. The van der Waals surface area contributed by atoms with E-state index in [1.54, 1.807) is 0 Å². The third-order valence-electron chi connectivity index (χ3n) is 4.59. The lowest BCUT2D eigenvalue weighted by atomic mass is 10.0. The van der Waals surface area contributed by atoms with Gasteiger partial charge in [0.15, 0.2) is 0 Å². The van der Waals surface area contributed by atoms with Crippen molar-refractivity contribution in [3.8, 4) is 0 Å². The Kier molecular flexibility index (Phi) is 5.01. The van der Waals surface area contributed by atoms with Crippen LogP contribution < -0.4 is 16.2 Å². The van der Waals surface area contributed by atoms with Crippen molar-refractivity contribution in [1.29, 1.82) is 0 Å². The molecule has 0 bridgehead atoms. The highest BCUT2D eigenvalue weighted by Crippen LogP contribution is 2.23. The van der Waals surface area contributed by atoms with Crippen molar-refractivity contribution in [3.05, 3.63) is 70.6 Å². The van der Waals surface area contributed by atoms with E-state index in [4.69, 9.17) is 0 Å². The lowest BCUT2D eigenvalue weighted by molar-refractivity contribution is -0.122. The SMILES string of the molecule is O=C(NCCc1cn2ccccc2n1)C1CC(c2ccc(Br)cc2)NN1. The lowest BCUT2D eigenvalue weighted by Crippen LogP contribution is -2.43. The number of nitrogens with zero attached hydrogens (tertiary/aromatic N) is 2. The summed E-state index contributed by atoms with van der Waals surface area (Å²) in [5.74, 6) is 0.0147. The van der Waals surface area contributed by atoms with Gasteiger partial charge in [-0.1, -0.05) is 34.1 Å². The second-order valence-corrected chi connectivity index (χ2v) is 7.34. The van der Waals surface area contributed by atoms with Crippen molar-refractivity contribution in [2.24, 2.45) is 0 Å². The molecule has 1 aromatic carbocycles. The minimum absolute atomic E-state index is 0.0147. The smallest absolute Gasteiger partial charge is 0.238 e. The number of halogens is 1. The fourth-order valence-electron chi connectivity index (χ4n) is 3.19. The molecule has 1 aliphatic heterocycles. The Labute approximate surface area is 160 Å². The monoisotopic (exact) mass is 413 g/mol. The molecule has 2 atom stereocenters. The maximum atomic E-state index is 12.4. The molecule has 3 aromatic rings. The number of aromatic nitrogens is 2. The summed E-state index contributed by atoms with van der Waals surface area (Å²) in [7, 11) is 0. The van der Waals surface area contributed by atoms with Crippen molar-refractivity contribution < 1.29 is 4.79 Å². The number of fused-ring (bicyclic) bond motifs is 1. The number of carbonyl (C=O) groups is 1. The van der Waals surface area contributed by atoms with E-state index in [-0.39, 0.29) is 18.0 Å². The molecule has 1 saturated heterocycles. The van der Waals surface area contributed by atoms with Crippen molar-refractivity contribution in [2.75, 3.05) is 6.54 Å². The van der Waals surface area contributed by atoms with Crippen LogP contribution in [0.15, 0.2) is 59.3 Å². The Balaban J connectivity index is 1.28. The number of amides is 1. The van der Waals surface area contributed by atoms with Gasteiger partial charge >= 0.3 is 0 Å². The normalized spacial score (nSPS) is 19.7. The molecule has 1 amide bonds. The van der Waals surface area contributed by atoms with Crippen molar-refractivity contribution in [2.45, 2.75) is 24.9 Å². The maximum Gasteiger partial charge on any atom is 0.238 e. The molecule has 134 valence electrons. The number of carbonyl (C=O) groups excluding carboxylic acids is 1. The van der Waals surface area contributed by atoms with Gasteiger partial charge in [-0.2, -0.15) is 0 Å². The summed E-state index contributed by atoms with van der Waals surface area (Å²) in [5.41, 5.74) is 9.37. The molecule has 7 heteroatoms. The standard InChI is InChI=1S/C19H20BrN5O/c20-14-6-4-13(5-7-14)16-11-17(24-23-16)19(26)21-9-8-15-12-25-10-2-1-3-18(25)22-15/h1-7,10,12,16-17,23-24H,8-9,11H2,(H,21,26). The van der Waals surface area contributed by atoms with Crippen molar-refractivity contribution >= 4 is 27.5 Å². The molecular weight excluding hydrogens is 394 g/mol. The van der Waals surface area contributed by atoms with E-state index in [1.165, 1.54) is 5.56 Å². The number of pyridine rings is 1. The van der Waals surface area contributed by atoms with Gasteiger partial charge in [0.2, 0.25) is 5.91 Å². The molecule has 26 heavy (non-hydrogen) atoms. The van der Waals surface area contributed by atoms with Crippen molar-refractivity contribution in [3.63, 3.8) is 0 Å². The number of rotatable bonds is 5. The van der Waals surface area contributed by atoms with E-state index in [0.29, 0.717) is 13.0 Å². The number of hydrazine groups is 1. The first kappa shape index (κ1) is 17.2. The molecule has 0 spiro atoms. The quantitative estimate of drug-likeness (QED) is 0.600. The minimum atomic E-state index is -0.232. The predicted octanol–water partition coefficient (Wildman–Crippen LogP) is 2.36. The first-order valence-corrected chi connectivity index (χ1v) is 9.45. The summed E-state index contributed by atoms with van der Waals surface area (Å²) in [4.78, 5) is 16.9. The van der Waals surface area contributed by atoms with Gasteiger partial charge in [-0.3, -0.25) is 4.79 Å². The zero-order chi connectivity index (χ0) is 17.9. The third-order valence-corrected chi connectivity index (χ3v) is 5.11. The molecule has 6 nitrogen and oxygen atoms in total. The van der Waals surface area contributed by atoms with Gasteiger partial charge in [-0.25, -0.2) is 15.8 Å². The zero-order valence-electron chi connectivity index (χ0n) is 14.2. The van der Waals surface area contributed by atoms with Gasteiger partial charge in [-0.15, -0.1) is 0 Å². The van der Waals surface area contributed by atoms with Crippen LogP contribution in [0.25, 0.3) is 5.65 Å². The number of benzene rings is 1. The van der Waals surface area contributed by atoms with Gasteiger partial charge < -0.3 is 9.72 Å². The molecule has 3 heterocycles. The van der Waals surface area contributed by atoms with E-state index in [1.807, 2.05) is 47.1 Å². The average Bonchev–Trinajstić information content (AvgIpc) is 3.29. The summed E-state index contributed by atoms with van der Waals surface area (Å²) < 4.78 is 3.04. The van der Waals surface area contributed by atoms with E-state index >= 15 is 0 Å². The fourth-order valence-corrected chi connectivity index (χ4v) is 3.45. The molecule has 0 saturated carbocycles. The van der Waals surface area contributed by atoms with Gasteiger partial charge in [0.05, 0.1) is 5.69 Å². The van der Waals surface area contributed by atoms with E-state index in [0.717, 1.165) is 22.2 Å². The highest BCUT2D eigenvalue weighted by Gasteiger charge is 2.29. The molecular formula is C19H20BrN5O. The summed E-state index contributed by atoms with van der Waals surface area (Å²) >= 11 is 3.44. The van der Waals surface area contributed by atoms with E-state index in [2.05, 4.69) is 49.2 Å². The van der Waals surface area contributed by atoms with Crippen LogP contribution in [0.2, 0.25) is 0 Å². The summed E-state index contributed by atoms with van der Waals surface area (Å²) in [6.45, 7) is 0.573. The van der Waals surface area contributed by atoms with Crippen molar-refractivity contribution in [1.82, 2.24) is 25.6 Å². The molecule has 2 unspecified atom stereocenters. The summed E-state index contributed by atoms with van der Waals surface area (Å²) in [5, 5.41) is 3.00. The Bertz CT molecular complexity index is 875. The number of hydrogen-bond acceptors (Lipinski definition) is 4. The molecule has 1 aliphatic rings. The zero-order valence-corrected chi connectivity index (χ0v) is 15.7. The van der Waals surface area contributed by atoms with Crippen LogP contribution in [0.1, 0.15) is 23.7 Å². The predicted molar refractivity (Wildman–Crippen MR) is 103 cm³/mol. The summed E-state index contributed by atoms with van der Waals surface area (Å²) in [6.07, 6.45) is 5.41. The Morgan fingerprint density at radius 1 is 1.23 bits per heavy atom. The largest absolute Gasteiger partial charge is 0.354 e. The maximum absolute atomic E-state index is 12.4. The molecule has 3 N–H and O–H groups in total. The van der Waals surface area contributed by atoms with Crippen LogP contribution >= 0.6 is 15.9 Å². The number of imidazole rings is 1. The Morgan fingerprint density at radius 3 is 2.88 bits per heavy atom. The van der Waals surface area contributed by atoms with Crippen LogP contribution in [0.3, 0.4) is 0 Å². The van der Waals surface area contributed by atoms with Crippen LogP contribution in [-0.4, -0.2) is 27.9 Å². The second-order valence-electron chi connectivity index (χ2n) is 6.42. The highest BCUT2D eigenvalue weighted by molar-refractivity contribution is 9.10. The van der Waals surface area contributed by atoms with Gasteiger partial charge in [-0.05, 0) is 36.2 Å². The molecule has 2 aromatic heterocycles. The molecule has 4 rings (SSSR count). The fraction of sp³-hybridized carbons (Fsp3) is 0.263. The van der Waals surface area contributed by atoms with Crippen LogP contribution in [0, 0.1) is 0 Å². The number of hydrogen-bond donors (Lipinski definition) is 3. The first-order valence-electron chi connectivity index (χ1n) is 8.66. The van der Waals surface area contributed by atoms with Crippen LogP contribution in [-0.2, 0) is 11.2 Å². The second kappa shape index (κ2) is 7.57. The Morgan fingerprint density at radius 2 is 2.08 bits per heavy atom. The Hall–Kier alpha value is -2.22.